The van der Waals surface area contributed by atoms with Gasteiger partial charge in [0.2, 0.25) is 5.91 Å². The Kier molecular flexibility index (Phi) is 6.21. The number of rotatable bonds is 6. The molecule has 1 aromatic heterocycles. The predicted octanol–water partition coefficient (Wildman–Crippen LogP) is 3.93. The number of benzene rings is 2. The minimum atomic E-state index is -0.304. The quantitative estimate of drug-likeness (QED) is 0.659. The molecule has 7 heteroatoms. The van der Waals surface area contributed by atoms with Gasteiger partial charge in [-0.1, -0.05) is 41.9 Å². The molecule has 0 unspecified atom stereocenters. The molecule has 2 amide bonds. The smallest absolute Gasteiger partial charge is 0.252 e. The van der Waals surface area contributed by atoms with Gasteiger partial charge in [0, 0.05) is 24.5 Å². The summed E-state index contributed by atoms with van der Waals surface area (Å²) in [6.45, 7) is 0. The van der Waals surface area contributed by atoms with Crippen molar-refractivity contribution in [3.8, 4) is 0 Å². The van der Waals surface area contributed by atoms with E-state index in [-0.39, 0.29) is 18.2 Å². The van der Waals surface area contributed by atoms with Crippen LogP contribution in [0.2, 0.25) is 5.02 Å². The van der Waals surface area contributed by atoms with Crippen molar-refractivity contribution in [1.82, 2.24) is 10.3 Å². The van der Waals surface area contributed by atoms with Crippen LogP contribution in [0.5, 0.6) is 0 Å². The maximum absolute atomic E-state index is 12.3. The molecule has 0 fully saturated rings. The molecule has 2 aromatic carbocycles. The third-order valence-corrected chi connectivity index (χ3v) is 5.09. The van der Waals surface area contributed by atoms with Crippen molar-refractivity contribution in [2.45, 2.75) is 12.8 Å². The van der Waals surface area contributed by atoms with Crippen LogP contribution in [-0.4, -0.2) is 23.8 Å². The molecule has 138 valence electrons. The van der Waals surface area contributed by atoms with Gasteiger partial charge in [-0.15, -0.1) is 11.3 Å². The molecule has 0 bridgehead atoms. The normalized spacial score (nSPS) is 10.4. The number of carbonyl (C=O) groups excluding carboxylic acids is 2. The summed E-state index contributed by atoms with van der Waals surface area (Å²) in [5.74, 6) is -0.502. The summed E-state index contributed by atoms with van der Waals surface area (Å²) in [5.41, 5.74) is 2.74. The lowest BCUT2D eigenvalue weighted by Crippen LogP contribution is -2.19. The number of nitrogens with one attached hydrogen (secondary N) is 2. The SMILES string of the molecule is CNC(=O)c1cc(NC(=O)Cc2csc(Cc3ccccc3)n2)ccc1Cl. The zero-order valence-corrected chi connectivity index (χ0v) is 16.2. The van der Waals surface area contributed by atoms with Crippen molar-refractivity contribution < 1.29 is 9.59 Å². The summed E-state index contributed by atoms with van der Waals surface area (Å²) in [5, 5.41) is 8.50. The number of hydrogen-bond acceptors (Lipinski definition) is 4. The number of amides is 2. The molecule has 0 atom stereocenters. The van der Waals surface area contributed by atoms with E-state index in [1.54, 1.807) is 29.5 Å². The van der Waals surface area contributed by atoms with Crippen LogP contribution in [0.15, 0.2) is 53.9 Å². The fraction of sp³-hybridized carbons (Fsp3) is 0.150. The topological polar surface area (TPSA) is 71.1 Å². The Balaban J connectivity index is 1.62. The Morgan fingerprint density at radius 1 is 1.15 bits per heavy atom. The number of hydrogen-bond donors (Lipinski definition) is 2. The Labute approximate surface area is 166 Å². The Hall–Kier alpha value is -2.70. The highest BCUT2D eigenvalue weighted by molar-refractivity contribution is 7.09. The largest absolute Gasteiger partial charge is 0.355 e. The third-order valence-electron chi connectivity index (χ3n) is 3.86. The highest BCUT2D eigenvalue weighted by atomic mass is 35.5. The number of nitrogens with zero attached hydrogens (tertiary/aromatic N) is 1. The van der Waals surface area contributed by atoms with Crippen LogP contribution in [0.4, 0.5) is 5.69 Å². The first kappa shape index (κ1) is 19.1. The molecule has 0 saturated heterocycles. The van der Waals surface area contributed by atoms with Crippen LogP contribution in [0, 0.1) is 0 Å². The number of thiazole rings is 1. The lowest BCUT2D eigenvalue weighted by Gasteiger charge is -2.08. The maximum Gasteiger partial charge on any atom is 0.252 e. The molecule has 3 aromatic rings. The van der Waals surface area contributed by atoms with Gasteiger partial charge in [-0.25, -0.2) is 4.98 Å². The third kappa shape index (κ3) is 5.15. The first-order valence-corrected chi connectivity index (χ1v) is 9.59. The standard InChI is InChI=1S/C20H18ClN3O2S/c1-22-20(26)16-10-14(7-8-17(16)21)23-18(25)11-15-12-27-19(24-15)9-13-5-3-2-4-6-13/h2-8,10,12H,9,11H2,1H3,(H,22,26)(H,23,25). The van der Waals surface area contributed by atoms with Crippen LogP contribution >= 0.6 is 22.9 Å². The second-order valence-electron chi connectivity index (χ2n) is 5.89. The molecule has 27 heavy (non-hydrogen) atoms. The second-order valence-corrected chi connectivity index (χ2v) is 7.24. The molecule has 0 aliphatic rings. The summed E-state index contributed by atoms with van der Waals surface area (Å²) in [6.07, 6.45) is 0.920. The first-order chi connectivity index (χ1) is 13.0. The molecule has 2 N–H and O–H groups in total. The molecule has 0 spiro atoms. The van der Waals surface area contributed by atoms with Crippen molar-refractivity contribution in [3.05, 3.63) is 80.8 Å². The van der Waals surface area contributed by atoms with Crippen LogP contribution < -0.4 is 10.6 Å². The second kappa shape index (κ2) is 8.79. The highest BCUT2D eigenvalue weighted by Gasteiger charge is 2.12. The maximum atomic E-state index is 12.3. The summed E-state index contributed by atoms with van der Waals surface area (Å²) < 4.78 is 0. The molecular weight excluding hydrogens is 382 g/mol. The fourth-order valence-electron chi connectivity index (χ4n) is 2.56. The highest BCUT2D eigenvalue weighted by Crippen LogP contribution is 2.21. The zero-order chi connectivity index (χ0) is 19.2. The summed E-state index contributed by atoms with van der Waals surface area (Å²) in [4.78, 5) is 28.6. The van der Waals surface area contributed by atoms with Gasteiger partial charge in [0.15, 0.2) is 0 Å². The molecule has 0 aliphatic heterocycles. The van der Waals surface area contributed by atoms with Gasteiger partial charge in [0.25, 0.3) is 5.91 Å². The monoisotopic (exact) mass is 399 g/mol. The van der Waals surface area contributed by atoms with E-state index in [1.165, 1.54) is 12.6 Å². The molecular formula is C20H18ClN3O2S. The van der Waals surface area contributed by atoms with Gasteiger partial charge in [-0.2, -0.15) is 0 Å². The van der Waals surface area contributed by atoms with Crippen molar-refractivity contribution >= 4 is 40.4 Å². The summed E-state index contributed by atoms with van der Waals surface area (Å²) in [7, 11) is 1.53. The molecule has 1 heterocycles. The van der Waals surface area contributed by atoms with Gasteiger partial charge in [0.1, 0.15) is 0 Å². The van der Waals surface area contributed by atoms with Gasteiger partial charge < -0.3 is 10.6 Å². The fourth-order valence-corrected chi connectivity index (χ4v) is 3.59. The Morgan fingerprint density at radius 2 is 1.93 bits per heavy atom. The van der Waals surface area contributed by atoms with Crippen molar-refractivity contribution in [2.24, 2.45) is 0 Å². The number of carbonyl (C=O) groups is 2. The van der Waals surface area contributed by atoms with E-state index in [9.17, 15) is 9.59 Å². The summed E-state index contributed by atoms with van der Waals surface area (Å²) in [6, 6.07) is 14.9. The van der Waals surface area contributed by atoms with E-state index in [0.717, 1.165) is 17.1 Å². The van der Waals surface area contributed by atoms with Crippen molar-refractivity contribution in [3.63, 3.8) is 0 Å². The van der Waals surface area contributed by atoms with Crippen molar-refractivity contribution in [1.29, 1.82) is 0 Å². The average molecular weight is 400 g/mol. The summed E-state index contributed by atoms with van der Waals surface area (Å²) >= 11 is 7.57. The molecule has 0 aliphatic carbocycles. The van der Waals surface area contributed by atoms with Gasteiger partial charge >= 0.3 is 0 Å². The minimum absolute atomic E-state index is 0.170. The number of aromatic nitrogens is 1. The molecule has 0 radical (unpaired) electrons. The van der Waals surface area contributed by atoms with E-state index < -0.39 is 0 Å². The van der Waals surface area contributed by atoms with E-state index in [2.05, 4.69) is 27.8 Å². The van der Waals surface area contributed by atoms with E-state index in [1.807, 2.05) is 23.6 Å². The van der Waals surface area contributed by atoms with Gasteiger partial charge in [-0.3, -0.25) is 9.59 Å². The number of halogens is 1. The first-order valence-electron chi connectivity index (χ1n) is 8.34. The zero-order valence-electron chi connectivity index (χ0n) is 14.7. The lowest BCUT2D eigenvalue weighted by atomic mass is 10.1. The van der Waals surface area contributed by atoms with Crippen LogP contribution in [-0.2, 0) is 17.6 Å². The van der Waals surface area contributed by atoms with Crippen LogP contribution in [0.3, 0.4) is 0 Å². The minimum Gasteiger partial charge on any atom is -0.355 e. The average Bonchev–Trinajstić information content (AvgIpc) is 3.10. The number of anilines is 1. The van der Waals surface area contributed by atoms with Gasteiger partial charge in [0.05, 0.1) is 27.7 Å². The van der Waals surface area contributed by atoms with E-state index in [0.29, 0.717) is 16.3 Å². The molecule has 5 nitrogen and oxygen atoms in total. The Morgan fingerprint density at radius 3 is 2.67 bits per heavy atom. The van der Waals surface area contributed by atoms with Crippen molar-refractivity contribution in [2.75, 3.05) is 12.4 Å². The van der Waals surface area contributed by atoms with E-state index in [4.69, 9.17) is 11.6 Å². The Bertz CT molecular complexity index is 957. The molecule has 3 rings (SSSR count). The van der Waals surface area contributed by atoms with E-state index >= 15 is 0 Å². The van der Waals surface area contributed by atoms with Crippen LogP contribution in [0.25, 0.3) is 0 Å². The van der Waals surface area contributed by atoms with Gasteiger partial charge in [-0.05, 0) is 23.8 Å². The molecule has 0 saturated carbocycles. The van der Waals surface area contributed by atoms with Crippen LogP contribution in [0.1, 0.15) is 26.6 Å². The lowest BCUT2D eigenvalue weighted by molar-refractivity contribution is -0.115. The predicted molar refractivity (Wildman–Crippen MR) is 109 cm³/mol.